The van der Waals surface area contributed by atoms with Gasteiger partial charge < -0.3 is 20.1 Å². The number of nitrogens with one attached hydrogen (secondary N) is 3. The molecule has 3 aromatic rings. The van der Waals surface area contributed by atoms with Gasteiger partial charge in [0.05, 0.1) is 13.3 Å². The standard InChI is InChI=1S/C25H24N4O5/c1-17-4-3-5-20(14-17)28-24(31)25(32)29-26-15-18-6-10-22(11-7-18)34-16-23(30)27-19-8-12-21(33-2)13-9-19/h3-15H,16H2,1-2H3,(H,27,30)(H,28,31)(H,29,32)/b26-15-. The second kappa shape index (κ2) is 11.8. The van der Waals surface area contributed by atoms with Crippen LogP contribution in [0, 0.1) is 6.92 Å². The number of hydrogen-bond donors (Lipinski definition) is 3. The molecule has 0 heterocycles. The third kappa shape index (κ3) is 7.49. The molecule has 0 aromatic heterocycles. The zero-order valence-electron chi connectivity index (χ0n) is 18.7. The van der Waals surface area contributed by atoms with Crippen molar-refractivity contribution in [1.82, 2.24) is 5.43 Å². The maximum Gasteiger partial charge on any atom is 0.329 e. The quantitative estimate of drug-likeness (QED) is 0.271. The monoisotopic (exact) mass is 460 g/mol. The minimum atomic E-state index is -0.888. The summed E-state index contributed by atoms with van der Waals surface area (Å²) in [4.78, 5) is 35.9. The van der Waals surface area contributed by atoms with Crippen molar-refractivity contribution in [1.29, 1.82) is 0 Å². The summed E-state index contributed by atoms with van der Waals surface area (Å²) in [6.45, 7) is 1.72. The molecule has 9 nitrogen and oxygen atoms in total. The van der Waals surface area contributed by atoms with Crippen LogP contribution < -0.4 is 25.5 Å². The molecule has 3 N–H and O–H groups in total. The smallest absolute Gasteiger partial charge is 0.329 e. The molecule has 0 bridgehead atoms. The fourth-order valence-corrected chi connectivity index (χ4v) is 2.80. The van der Waals surface area contributed by atoms with E-state index in [1.807, 2.05) is 13.0 Å². The van der Waals surface area contributed by atoms with Gasteiger partial charge in [0.15, 0.2) is 6.61 Å². The third-order valence-corrected chi connectivity index (χ3v) is 4.49. The number of anilines is 2. The number of hydrogen-bond acceptors (Lipinski definition) is 6. The van der Waals surface area contributed by atoms with Crippen LogP contribution in [0.25, 0.3) is 0 Å². The topological polar surface area (TPSA) is 118 Å². The molecule has 0 fully saturated rings. The Morgan fingerprint density at radius 1 is 0.853 bits per heavy atom. The van der Waals surface area contributed by atoms with Crippen molar-refractivity contribution in [3.63, 3.8) is 0 Å². The van der Waals surface area contributed by atoms with E-state index in [0.29, 0.717) is 28.4 Å². The Morgan fingerprint density at radius 2 is 1.56 bits per heavy atom. The van der Waals surface area contributed by atoms with E-state index in [9.17, 15) is 14.4 Å². The second-order valence-electron chi connectivity index (χ2n) is 7.16. The summed E-state index contributed by atoms with van der Waals surface area (Å²) in [6, 6.07) is 20.8. The predicted octanol–water partition coefficient (Wildman–Crippen LogP) is 3.11. The highest BCUT2D eigenvalue weighted by atomic mass is 16.5. The molecular weight excluding hydrogens is 436 g/mol. The van der Waals surface area contributed by atoms with E-state index in [2.05, 4.69) is 21.2 Å². The Kier molecular flexibility index (Phi) is 8.34. The Morgan fingerprint density at radius 3 is 2.24 bits per heavy atom. The van der Waals surface area contributed by atoms with Gasteiger partial charge >= 0.3 is 11.8 Å². The Hall–Kier alpha value is -4.66. The molecule has 0 aliphatic heterocycles. The zero-order valence-corrected chi connectivity index (χ0v) is 18.7. The first-order chi connectivity index (χ1) is 16.4. The number of carbonyl (C=O) groups excluding carboxylic acids is 3. The molecule has 34 heavy (non-hydrogen) atoms. The first-order valence-corrected chi connectivity index (χ1v) is 10.3. The van der Waals surface area contributed by atoms with Gasteiger partial charge in [0, 0.05) is 11.4 Å². The normalized spacial score (nSPS) is 10.4. The van der Waals surface area contributed by atoms with E-state index in [1.165, 1.54) is 6.21 Å². The molecular formula is C25H24N4O5. The highest BCUT2D eigenvalue weighted by molar-refractivity contribution is 6.39. The van der Waals surface area contributed by atoms with Crippen molar-refractivity contribution in [3.05, 3.63) is 83.9 Å². The van der Waals surface area contributed by atoms with Crippen LogP contribution in [0.5, 0.6) is 11.5 Å². The lowest BCUT2D eigenvalue weighted by Gasteiger charge is -2.08. The number of ether oxygens (including phenoxy) is 2. The van der Waals surface area contributed by atoms with Gasteiger partial charge in [-0.3, -0.25) is 14.4 Å². The van der Waals surface area contributed by atoms with Gasteiger partial charge in [-0.2, -0.15) is 5.10 Å². The Labute approximate surface area is 196 Å². The highest BCUT2D eigenvalue weighted by Crippen LogP contribution is 2.15. The van der Waals surface area contributed by atoms with Crippen LogP contribution >= 0.6 is 0 Å². The molecule has 0 radical (unpaired) electrons. The van der Waals surface area contributed by atoms with Gasteiger partial charge in [-0.25, -0.2) is 5.43 Å². The van der Waals surface area contributed by atoms with Crippen molar-refractivity contribution >= 4 is 35.3 Å². The molecule has 0 atom stereocenters. The maximum absolute atomic E-state index is 12.0. The summed E-state index contributed by atoms with van der Waals surface area (Å²) in [6.07, 6.45) is 1.39. The van der Waals surface area contributed by atoms with E-state index in [4.69, 9.17) is 9.47 Å². The van der Waals surface area contributed by atoms with Crippen molar-refractivity contribution in [3.8, 4) is 11.5 Å². The molecule has 3 rings (SSSR count). The molecule has 9 heteroatoms. The fraction of sp³-hybridized carbons (Fsp3) is 0.120. The van der Waals surface area contributed by atoms with Crippen LogP contribution in [0.3, 0.4) is 0 Å². The van der Waals surface area contributed by atoms with Gasteiger partial charge in [-0.1, -0.05) is 12.1 Å². The molecule has 0 saturated heterocycles. The summed E-state index contributed by atoms with van der Waals surface area (Å²) in [7, 11) is 1.57. The van der Waals surface area contributed by atoms with E-state index >= 15 is 0 Å². The summed E-state index contributed by atoms with van der Waals surface area (Å²) in [5.74, 6) is -0.825. The summed E-state index contributed by atoms with van der Waals surface area (Å²) < 4.78 is 10.6. The predicted molar refractivity (Wildman–Crippen MR) is 129 cm³/mol. The van der Waals surface area contributed by atoms with E-state index in [1.54, 1.807) is 73.8 Å². The first-order valence-electron chi connectivity index (χ1n) is 10.3. The van der Waals surface area contributed by atoms with Gasteiger partial charge in [0.2, 0.25) is 0 Å². The lowest BCUT2D eigenvalue weighted by atomic mass is 10.2. The lowest BCUT2D eigenvalue weighted by molar-refractivity contribution is -0.136. The lowest BCUT2D eigenvalue weighted by Crippen LogP contribution is -2.32. The van der Waals surface area contributed by atoms with Crippen LogP contribution in [-0.4, -0.2) is 37.7 Å². The van der Waals surface area contributed by atoms with E-state index < -0.39 is 11.8 Å². The van der Waals surface area contributed by atoms with Crippen LogP contribution in [0.2, 0.25) is 0 Å². The molecule has 0 aliphatic rings. The minimum Gasteiger partial charge on any atom is -0.497 e. The minimum absolute atomic E-state index is 0.161. The van der Waals surface area contributed by atoms with Gasteiger partial charge in [-0.05, 0) is 78.7 Å². The van der Waals surface area contributed by atoms with E-state index in [0.717, 1.165) is 5.56 Å². The number of aryl methyl sites for hydroxylation is 1. The number of carbonyl (C=O) groups is 3. The summed E-state index contributed by atoms with van der Waals surface area (Å²) >= 11 is 0. The number of nitrogens with zero attached hydrogens (tertiary/aromatic N) is 1. The van der Waals surface area contributed by atoms with Crippen molar-refractivity contribution < 1.29 is 23.9 Å². The molecule has 174 valence electrons. The zero-order chi connectivity index (χ0) is 24.3. The van der Waals surface area contributed by atoms with Crippen LogP contribution in [-0.2, 0) is 14.4 Å². The van der Waals surface area contributed by atoms with Crippen molar-refractivity contribution in [2.45, 2.75) is 6.92 Å². The number of benzene rings is 3. The van der Waals surface area contributed by atoms with Crippen molar-refractivity contribution in [2.75, 3.05) is 24.4 Å². The number of rotatable bonds is 8. The molecule has 0 spiro atoms. The maximum atomic E-state index is 12.0. The highest BCUT2D eigenvalue weighted by Gasteiger charge is 2.12. The fourth-order valence-electron chi connectivity index (χ4n) is 2.80. The van der Waals surface area contributed by atoms with Crippen LogP contribution in [0.15, 0.2) is 77.9 Å². The number of amides is 3. The SMILES string of the molecule is COc1ccc(NC(=O)COc2ccc(/C=N\NC(=O)C(=O)Nc3cccc(C)c3)cc2)cc1. The second-order valence-corrected chi connectivity index (χ2v) is 7.16. The first kappa shape index (κ1) is 24.0. The average molecular weight is 460 g/mol. The van der Waals surface area contributed by atoms with Crippen molar-refractivity contribution in [2.24, 2.45) is 5.10 Å². The van der Waals surface area contributed by atoms with Crippen LogP contribution in [0.4, 0.5) is 11.4 Å². The summed E-state index contributed by atoms with van der Waals surface area (Å²) in [5, 5.41) is 9.01. The largest absolute Gasteiger partial charge is 0.497 e. The molecule has 3 aromatic carbocycles. The van der Waals surface area contributed by atoms with E-state index in [-0.39, 0.29) is 12.5 Å². The van der Waals surface area contributed by atoms with Gasteiger partial charge in [0.25, 0.3) is 5.91 Å². The summed E-state index contributed by atoms with van der Waals surface area (Å²) in [5.41, 5.74) is 4.96. The number of hydrazone groups is 1. The molecule has 3 amide bonds. The van der Waals surface area contributed by atoms with Gasteiger partial charge in [0.1, 0.15) is 11.5 Å². The Balaban J connectivity index is 1.42. The Bertz CT molecular complexity index is 1170. The molecule has 0 unspecified atom stereocenters. The van der Waals surface area contributed by atoms with Gasteiger partial charge in [-0.15, -0.1) is 0 Å². The molecule has 0 saturated carbocycles. The number of methoxy groups -OCH3 is 1. The van der Waals surface area contributed by atoms with Crippen LogP contribution in [0.1, 0.15) is 11.1 Å². The third-order valence-electron chi connectivity index (χ3n) is 4.49. The molecule has 0 aliphatic carbocycles. The average Bonchev–Trinajstić information content (AvgIpc) is 2.84.